The second kappa shape index (κ2) is 7.29. The Hall–Kier alpha value is -2.44. The quantitative estimate of drug-likeness (QED) is 0.351. The fourth-order valence-electron chi connectivity index (χ4n) is 3.05. The van der Waals surface area contributed by atoms with Gasteiger partial charge in [0.1, 0.15) is 5.76 Å². The third-order valence-corrected chi connectivity index (χ3v) is 5.33. The molecule has 0 unspecified atom stereocenters. The lowest BCUT2D eigenvalue weighted by molar-refractivity contribution is -0.113. The lowest BCUT2D eigenvalue weighted by atomic mass is 10.0. The van der Waals surface area contributed by atoms with Crippen molar-refractivity contribution in [3.05, 3.63) is 86.2 Å². The maximum atomic E-state index is 13.1. The van der Waals surface area contributed by atoms with Crippen LogP contribution in [-0.2, 0) is 11.3 Å². The van der Waals surface area contributed by atoms with Gasteiger partial charge in [-0.2, -0.15) is 0 Å². The molecule has 2 aromatic carbocycles. The standard InChI is InChI=1S/C21H13Br2NO3/c22-14-3-1-13(2-4-14)9-19-18-10-15(23)5-8-20(18)24(21(19)26)11-16-6-7-17(12-25)27-16/h1-10,12H,11H2/b19-9+. The minimum Gasteiger partial charge on any atom is -0.456 e. The molecule has 1 aliphatic heterocycles. The predicted molar refractivity (Wildman–Crippen MR) is 111 cm³/mol. The van der Waals surface area contributed by atoms with Crippen molar-refractivity contribution in [2.24, 2.45) is 0 Å². The highest BCUT2D eigenvalue weighted by molar-refractivity contribution is 9.10. The monoisotopic (exact) mass is 485 g/mol. The van der Waals surface area contributed by atoms with E-state index in [9.17, 15) is 9.59 Å². The Bertz CT molecular complexity index is 1070. The number of amides is 1. The van der Waals surface area contributed by atoms with Crippen LogP contribution in [0.25, 0.3) is 11.6 Å². The number of aldehydes is 1. The van der Waals surface area contributed by atoms with Crippen LogP contribution < -0.4 is 4.90 Å². The lowest BCUT2D eigenvalue weighted by Crippen LogP contribution is -2.25. The highest BCUT2D eigenvalue weighted by Gasteiger charge is 2.33. The largest absolute Gasteiger partial charge is 0.456 e. The van der Waals surface area contributed by atoms with Crippen molar-refractivity contribution < 1.29 is 14.0 Å². The molecule has 6 heteroatoms. The van der Waals surface area contributed by atoms with Gasteiger partial charge in [0, 0.05) is 20.1 Å². The lowest BCUT2D eigenvalue weighted by Gasteiger charge is -2.15. The first-order valence-electron chi connectivity index (χ1n) is 8.18. The van der Waals surface area contributed by atoms with E-state index >= 15 is 0 Å². The van der Waals surface area contributed by atoms with E-state index in [1.54, 1.807) is 17.0 Å². The molecule has 0 bridgehead atoms. The van der Waals surface area contributed by atoms with Gasteiger partial charge in [0.25, 0.3) is 5.91 Å². The normalized spacial score (nSPS) is 14.7. The summed E-state index contributed by atoms with van der Waals surface area (Å²) in [5.74, 6) is 0.706. The van der Waals surface area contributed by atoms with Gasteiger partial charge in [0.05, 0.1) is 12.2 Å². The van der Waals surface area contributed by atoms with E-state index in [2.05, 4.69) is 31.9 Å². The predicted octanol–water partition coefficient (Wildman–Crippen LogP) is 5.70. The van der Waals surface area contributed by atoms with E-state index in [0.717, 1.165) is 25.8 Å². The van der Waals surface area contributed by atoms with Crippen molar-refractivity contribution in [1.29, 1.82) is 0 Å². The summed E-state index contributed by atoms with van der Waals surface area (Å²) in [7, 11) is 0. The average Bonchev–Trinajstić information content (AvgIpc) is 3.22. The summed E-state index contributed by atoms with van der Waals surface area (Å²) in [6, 6.07) is 16.8. The van der Waals surface area contributed by atoms with E-state index < -0.39 is 0 Å². The maximum absolute atomic E-state index is 13.1. The van der Waals surface area contributed by atoms with E-state index in [0.29, 0.717) is 17.6 Å². The van der Waals surface area contributed by atoms with Gasteiger partial charge >= 0.3 is 0 Å². The molecule has 2 heterocycles. The Labute approximate surface area is 172 Å². The van der Waals surface area contributed by atoms with Gasteiger partial charge in [-0.3, -0.25) is 9.59 Å². The van der Waals surface area contributed by atoms with Crippen molar-refractivity contribution in [2.45, 2.75) is 6.54 Å². The van der Waals surface area contributed by atoms with Crippen LogP contribution in [0.5, 0.6) is 0 Å². The van der Waals surface area contributed by atoms with Crippen LogP contribution in [0.1, 0.15) is 27.4 Å². The number of nitrogens with zero attached hydrogens (tertiary/aromatic N) is 1. The van der Waals surface area contributed by atoms with Crippen LogP contribution in [0.3, 0.4) is 0 Å². The summed E-state index contributed by atoms with van der Waals surface area (Å²) in [5, 5.41) is 0. The first-order valence-corrected chi connectivity index (χ1v) is 9.77. The Balaban J connectivity index is 1.75. The number of benzene rings is 2. The molecule has 0 aliphatic carbocycles. The van der Waals surface area contributed by atoms with Crippen molar-refractivity contribution in [3.63, 3.8) is 0 Å². The Kier molecular flexibility index (Phi) is 4.85. The van der Waals surface area contributed by atoms with Crippen molar-refractivity contribution in [1.82, 2.24) is 0 Å². The molecule has 0 saturated heterocycles. The van der Waals surface area contributed by atoms with Gasteiger partial charge in [-0.1, -0.05) is 44.0 Å². The fourth-order valence-corrected chi connectivity index (χ4v) is 3.68. The summed E-state index contributed by atoms with van der Waals surface area (Å²) in [6.45, 7) is 0.263. The van der Waals surface area contributed by atoms with Crippen LogP contribution >= 0.6 is 31.9 Å². The number of carbonyl (C=O) groups is 2. The van der Waals surface area contributed by atoms with Crippen molar-refractivity contribution in [2.75, 3.05) is 4.90 Å². The Morgan fingerprint density at radius 1 is 0.963 bits per heavy atom. The van der Waals surface area contributed by atoms with Crippen LogP contribution in [0.2, 0.25) is 0 Å². The third-order valence-electron chi connectivity index (χ3n) is 4.31. The highest BCUT2D eigenvalue weighted by atomic mass is 79.9. The fraction of sp³-hybridized carbons (Fsp3) is 0.0476. The van der Waals surface area contributed by atoms with Crippen LogP contribution in [-0.4, -0.2) is 12.2 Å². The molecule has 4 rings (SSSR count). The summed E-state index contributed by atoms with van der Waals surface area (Å²) < 4.78 is 7.34. The minimum absolute atomic E-state index is 0.102. The maximum Gasteiger partial charge on any atom is 0.259 e. The zero-order chi connectivity index (χ0) is 19.0. The van der Waals surface area contributed by atoms with Crippen molar-refractivity contribution in [3.8, 4) is 0 Å². The number of fused-ring (bicyclic) bond motifs is 1. The zero-order valence-electron chi connectivity index (χ0n) is 14.0. The van der Waals surface area contributed by atoms with E-state index in [1.165, 1.54) is 0 Å². The van der Waals surface area contributed by atoms with Crippen LogP contribution in [0.4, 0.5) is 5.69 Å². The minimum atomic E-state index is -0.102. The van der Waals surface area contributed by atoms with Gasteiger partial charge in [0.15, 0.2) is 12.0 Å². The number of furan rings is 1. The number of anilines is 1. The van der Waals surface area contributed by atoms with E-state index in [1.807, 2.05) is 48.5 Å². The number of halogens is 2. The van der Waals surface area contributed by atoms with Gasteiger partial charge in [-0.15, -0.1) is 0 Å². The second-order valence-electron chi connectivity index (χ2n) is 6.08. The molecule has 3 aromatic rings. The number of hydrogen-bond acceptors (Lipinski definition) is 3. The first-order chi connectivity index (χ1) is 13.0. The molecule has 0 spiro atoms. The van der Waals surface area contributed by atoms with E-state index in [-0.39, 0.29) is 18.2 Å². The molecule has 4 nitrogen and oxygen atoms in total. The molecule has 1 aliphatic rings. The van der Waals surface area contributed by atoms with Gasteiger partial charge in [0.2, 0.25) is 0 Å². The van der Waals surface area contributed by atoms with E-state index in [4.69, 9.17) is 4.42 Å². The van der Waals surface area contributed by atoms with Gasteiger partial charge < -0.3 is 9.32 Å². The highest BCUT2D eigenvalue weighted by Crippen LogP contribution is 2.40. The molecule has 0 saturated carbocycles. The zero-order valence-corrected chi connectivity index (χ0v) is 17.2. The second-order valence-corrected chi connectivity index (χ2v) is 7.92. The molecule has 0 N–H and O–H groups in total. The molecule has 134 valence electrons. The topological polar surface area (TPSA) is 50.5 Å². The summed E-state index contributed by atoms with van der Waals surface area (Å²) in [6.07, 6.45) is 2.54. The molecular formula is C21H13Br2NO3. The molecule has 0 atom stereocenters. The number of hydrogen-bond donors (Lipinski definition) is 0. The molecule has 0 fully saturated rings. The van der Waals surface area contributed by atoms with Gasteiger partial charge in [-0.25, -0.2) is 0 Å². The SMILES string of the molecule is O=Cc1ccc(CN2C(=O)/C(=C/c3ccc(Br)cc3)c3cc(Br)ccc32)o1. The molecule has 27 heavy (non-hydrogen) atoms. The third kappa shape index (κ3) is 3.55. The first kappa shape index (κ1) is 17.9. The molecule has 0 radical (unpaired) electrons. The smallest absolute Gasteiger partial charge is 0.259 e. The summed E-state index contributed by atoms with van der Waals surface area (Å²) in [5.41, 5.74) is 3.24. The van der Waals surface area contributed by atoms with Crippen LogP contribution in [0.15, 0.2) is 68.0 Å². The number of carbonyl (C=O) groups excluding carboxylic acids is 2. The van der Waals surface area contributed by atoms with Gasteiger partial charge in [-0.05, 0) is 54.1 Å². The van der Waals surface area contributed by atoms with Crippen molar-refractivity contribution >= 4 is 61.4 Å². The van der Waals surface area contributed by atoms with Crippen LogP contribution in [0, 0.1) is 0 Å². The molecule has 1 aromatic heterocycles. The Morgan fingerprint density at radius 2 is 1.70 bits per heavy atom. The number of rotatable bonds is 4. The summed E-state index contributed by atoms with van der Waals surface area (Å²) in [4.78, 5) is 25.7. The molecular weight excluding hydrogens is 474 g/mol. The summed E-state index contributed by atoms with van der Waals surface area (Å²) >= 11 is 6.91. The molecule has 1 amide bonds. The average molecular weight is 487 g/mol. The Morgan fingerprint density at radius 3 is 2.41 bits per heavy atom.